The van der Waals surface area contributed by atoms with Gasteiger partial charge in [-0.25, -0.2) is 0 Å². The third-order valence-corrected chi connectivity index (χ3v) is 12.2. The molecule has 0 fully saturated rings. The second-order valence-electron chi connectivity index (χ2n) is 18.5. The normalized spacial score (nSPS) is 10.5. The number of nitroso groups, excluding NO2 is 1. The van der Waals surface area contributed by atoms with Gasteiger partial charge < -0.3 is 47.4 Å². The van der Waals surface area contributed by atoms with Gasteiger partial charge in [0.2, 0.25) is 11.8 Å². The van der Waals surface area contributed by atoms with Gasteiger partial charge in [-0.15, -0.1) is 4.91 Å². The van der Waals surface area contributed by atoms with Crippen molar-refractivity contribution in [2.75, 3.05) is 0 Å². The summed E-state index contributed by atoms with van der Waals surface area (Å²) < 4.78 is 0. The summed E-state index contributed by atoms with van der Waals surface area (Å²) in [6, 6.07) is 46.6. The minimum absolute atomic E-state index is 0. The van der Waals surface area contributed by atoms with Crippen molar-refractivity contribution in [3.63, 3.8) is 0 Å². The number of nitrogens with two attached hydrogens (primary N) is 1. The number of ketones is 1. The van der Waals surface area contributed by atoms with Crippen LogP contribution in [0.2, 0.25) is 0 Å². The van der Waals surface area contributed by atoms with E-state index in [0.29, 0.717) is 22.8 Å². The first kappa shape index (κ1) is 72.4. The third kappa shape index (κ3) is 24.2. The van der Waals surface area contributed by atoms with E-state index in [9.17, 15) is 58.7 Å². The molecule has 0 aliphatic carbocycles. The minimum atomic E-state index is -1.07. The minimum Gasteiger partial charge on any atom is -0.649 e. The van der Waals surface area contributed by atoms with Crippen molar-refractivity contribution in [1.29, 1.82) is 0 Å². The Morgan fingerprint density at radius 3 is 1.46 bits per heavy atom. The van der Waals surface area contributed by atoms with Crippen LogP contribution in [0.15, 0.2) is 224 Å². The first-order valence-corrected chi connectivity index (χ1v) is 27.0. The van der Waals surface area contributed by atoms with Crippen LogP contribution in [0, 0.1) is 25.1 Å². The Balaban J connectivity index is 0.000000276. The molecule has 0 saturated carbocycles. The molecule has 6 heterocycles. The number of benzene rings is 3. The molecule has 28 nitrogen and oxygen atoms in total. The van der Waals surface area contributed by atoms with E-state index in [2.05, 4.69) is 61.7 Å². The SMILES string of the molecule is NC(=O)c1ccccn1.O.O=C(CC(NC(=O)c1ccccn1)c1ccccc1[N+](=O)[O-])NCc1ccccn1.O=C(CC([N-]C(=O)c1ccccn1)c1ccccc1[N+](=O)[O-])[N-]Cc1ccccn1.O=Nc1ccccc1C(=O)CC(=O)NCc1ccccn1.[Cu+2]. The molecule has 1 radical (unpaired) electrons. The number of pyridine rings is 6. The standard InChI is InChI=1S/2C21H19N5O4.C15H13N3O3.C6H6N2O.Cu.H2O/c2*27-20(24-14-15-7-3-5-11-22-15)13-18(16-8-1-2-10-19(16)26(29)30)25-21(28)17-9-4-6-12-23-17;19-14(12-6-1-2-7-13(12)18-21)9-15(20)17-10-11-5-3-4-8-16-11;7-6(9)5-3-1-2-4-8-5;;/h1-12,18H,13-14H2,(H,24,27)(H,25,28);1-12,18H,13-14H2,(H2,24,25,27,28);1-8H,9-10H2,(H,17,20);1-4H,(H2,7,9);;1H2/q;;;;+2;/p-2. The maximum atomic E-state index is 12.6. The van der Waals surface area contributed by atoms with E-state index in [1.807, 2.05) is 6.07 Å². The van der Waals surface area contributed by atoms with E-state index in [-0.39, 0.29) is 112 Å². The topological polar surface area (TPSA) is 434 Å². The largest absolute Gasteiger partial charge is 2.00 e. The first-order valence-electron chi connectivity index (χ1n) is 27.0. The van der Waals surface area contributed by atoms with Gasteiger partial charge in [0, 0.05) is 66.1 Å². The van der Waals surface area contributed by atoms with Crippen molar-refractivity contribution in [3.8, 4) is 0 Å². The molecule has 0 aliphatic rings. The molecular weight excluding hydrogens is 1240 g/mol. The number of rotatable bonds is 23. The van der Waals surface area contributed by atoms with Gasteiger partial charge in [-0.3, -0.25) is 74.1 Å². The van der Waals surface area contributed by atoms with Crippen molar-refractivity contribution in [2.24, 2.45) is 10.9 Å². The average Bonchev–Trinajstić information content (AvgIpc) is 1.32. The summed E-state index contributed by atoms with van der Waals surface area (Å²) in [6.45, 7) is 0.523. The smallest absolute Gasteiger partial charge is 0.649 e. The van der Waals surface area contributed by atoms with Crippen LogP contribution in [0.5, 0.6) is 0 Å². The number of amides is 6. The maximum absolute atomic E-state index is 12.6. The monoisotopic (exact) mass is 1290 g/mol. The Kier molecular flexibility index (Phi) is 30.7. The van der Waals surface area contributed by atoms with Crippen molar-refractivity contribution in [3.05, 3.63) is 306 Å². The van der Waals surface area contributed by atoms with Crippen LogP contribution in [0.3, 0.4) is 0 Å². The number of nitrogens with one attached hydrogen (secondary N) is 3. The number of para-hydroxylation sites is 2. The van der Waals surface area contributed by atoms with E-state index in [0.717, 1.165) is 0 Å². The fourth-order valence-corrected chi connectivity index (χ4v) is 7.91. The molecule has 29 heteroatoms. The number of Topliss-reactive ketones (excluding diaryl/α,β-unsaturated/α-hetero) is 1. The van der Waals surface area contributed by atoms with E-state index in [4.69, 9.17) is 5.73 Å². The molecule has 2 atom stereocenters. The van der Waals surface area contributed by atoms with Crippen LogP contribution in [-0.4, -0.2) is 86.5 Å². The van der Waals surface area contributed by atoms with Gasteiger partial charge in [0.05, 0.1) is 70.4 Å². The molecule has 0 aliphatic heterocycles. The summed E-state index contributed by atoms with van der Waals surface area (Å²) in [5.74, 6) is -3.48. The van der Waals surface area contributed by atoms with Gasteiger partial charge in [0.15, 0.2) is 5.78 Å². The summed E-state index contributed by atoms with van der Waals surface area (Å²) in [7, 11) is 0. The molecule has 9 aromatic rings. The van der Waals surface area contributed by atoms with Gasteiger partial charge >= 0.3 is 17.1 Å². The summed E-state index contributed by atoms with van der Waals surface area (Å²) in [5.41, 5.74) is 7.61. The number of nitro groups is 2. The number of nitro benzene ring substituents is 2. The van der Waals surface area contributed by atoms with Crippen LogP contribution < -0.4 is 21.7 Å². The predicted octanol–water partition coefficient (Wildman–Crippen LogP) is 8.42. The van der Waals surface area contributed by atoms with Crippen molar-refractivity contribution in [1.82, 2.24) is 45.9 Å². The van der Waals surface area contributed by atoms with Crippen LogP contribution in [0.25, 0.3) is 10.6 Å². The van der Waals surface area contributed by atoms with Gasteiger partial charge in [-0.2, -0.15) is 0 Å². The second kappa shape index (κ2) is 39.0. The Hall–Kier alpha value is -12.1. The van der Waals surface area contributed by atoms with Gasteiger partial charge in [0.1, 0.15) is 23.0 Å². The van der Waals surface area contributed by atoms with E-state index < -0.39 is 57.2 Å². The molecule has 6 amide bonds. The van der Waals surface area contributed by atoms with E-state index in [1.165, 1.54) is 79.3 Å². The molecule has 6 aromatic heterocycles. The zero-order valence-corrected chi connectivity index (χ0v) is 49.3. The summed E-state index contributed by atoms with van der Waals surface area (Å²) in [4.78, 5) is 140. The molecular formula is C63H57CuN15O13. The van der Waals surface area contributed by atoms with Gasteiger partial charge in [0.25, 0.3) is 23.2 Å². The molecule has 7 N–H and O–H groups in total. The fraction of sp³-hybridized carbons (Fsp3) is 0.127. The molecule has 2 unspecified atom stereocenters. The van der Waals surface area contributed by atoms with Crippen LogP contribution >= 0.6 is 0 Å². The Morgan fingerprint density at radius 2 is 0.967 bits per heavy atom. The number of carbonyl (C=O) groups excluding carboxylic acids is 7. The fourth-order valence-electron chi connectivity index (χ4n) is 7.91. The van der Waals surface area contributed by atoms with E-state index in [1.54, 1.807) is 134 Å². The molecule has 0 spiro atoms. The number of hydrogen-bond acceptors (Lipinski definition) is 19. The van der Waals surface area contributed by atoms with Crippen molar-refractivity contribution >= 4 is 58.3 Å². The summed E-state index contributed by atoms with van der Waals surface area (Å²) >= 11 is 0. The van der Waals surface area contributed by atoms with Crippen LogP contribution in [-0.2, 0) is 51.1 Å². The number of carbonyl (C=O) groups is 7. The number of primary amides is 1. The number of hydrogen-bond donors (Lipinski definition) is 4. The van der Waals surface area contributed by atoms with Crippen LogP contribution in [0.1, 0.15) is 101 Å². The first-order chi connectivity index (χ1) is 43.6. The van der Waals surface area contributed by atoms with Crippen molar-refractivity contribution in [2.45, 2.75) is 51.0 Å². The zero-order valence-electron chi connectivity index (χ0n) is 48.4. The molecule has 473 valence electrons. The molecule has 3 aromatic carbocycles. The van der Waals surface area contributed by atoms with Gasteiger partial charge in [-0.1, -0.05) is 97.5 Å². The quantitative estimate of drug-likeness (QED) is 0.0116. The number of nitrogens with zero attached hydrogens (tertiary/aromatic N) is 11. The summed E-state index contributed by atoms with van der Waals surface area (Å²) in [6.07, 6.45) is 8.45. The molecule has 9 rings (SSSR count). The van der Waals surface area contributed by atoms with E-state index >= 15 is 0 Å². The number of aromatic nitrogens is 6. The Labute approximate surface area is 535 Å². The van der Waals surface area contributed by atoms with Crippen LogP contribution in [0.4, 0.5) is 17.1 Å². The summed E-state index contributed by atoms with van der Waals surface area (Å²) in [5, 5.41) is 41.7. The molecule has 92 heavy (non-hydrogen) atoms. The second-order valence-corrected chi connectivity index (χ2v) is 18.5. The Bertz CT molecular complexity index is 3710. The average molecular weight is 1300 g/mol. The predicted molar refractivity (Wildman–Crippen MR) is 330 cm³/mol. The third-order valence-electron chi connectivity index (χ3n) is 12.2. The zero-order chi connectivity index (χ0) is 64.5. The molecule has 0 bridgehead atoms. The maximum Gasteiger partial charge on any atom is 2.00 e. The van der Waals surface area contributed by atoms with Gasteiger partial charge in [-0.05, 0) is 96.5 Å². The molecule has 0 saturated heterocycles. The van der Waals surface area contributed by atoms with Crippen molar-refractivity contribution < 1.29 is 66.0 Å². The Morgan fingerprint density at radius 1 is 0.522 bits per heavy atom.